The molecule has 3 rings (SSSR count). The van der Waals surface area contributed by atoms with E-state index in [1.807, 2.05) is 7.05 Å². The van der Waals surface area contributed by atoms with Crippen molar-refractivity contribution in [2.75, 3.05) is 0 Å². The molecule has 0 amide bonds. The summed E-state index contributed by atoms with van der Waals surface area (Å²) in [7, 11) is 1.88. The number of thioether (sulfide) groups is 1. The zero-order valence-corrected chi connectivity index (χ0v) is 14.1. The molecular formula is C15H19N7S. The monoisotopic (exact) mass is 329 g/mol. The van der Waals surface area contributed by atoms with Crippen LogP contribution in [-0.4, -0.2) is 35.0 Å². The lowest BCUT2D eigenvalue weighted by Gasteiger charge is -2.05. The van der Waals surface area contributed by atoms with Crippen LogP contribution in [-0.2, 0) is 19.2 Å². The molecule has 7 nitrogen and oxygen atoms in total. The fourth-order valence-electron chi connectivity index (χ4n) is 2.20. The van der Waals surface area contributed by atoms with Crippen molar-refractivity contribution in [3.05, 3.63) is 42.0 Å². The van der Waals surface area contributed by atoms with Gasteiger partial charge in [-0.3, -0.25) is 4.68 Å². The smallest absolute Gasteiger partial charge is 0.214 e. The standard InChI is InChI=1S/C15H19N7S/c1-3-4-5-12-6-8-13(9-7-12)22-15(18-19-20-22)23-10-14-16-11-17-21(14)2/h6-9,11H,3-5,10H2,1-2H3. The van der Waals surface area contributed by atoms with Crippen molar-refractivity contribution in [3.63, 3.8) is 0 Å². The lowest BCUT2D eigenvalue weighted by molar-refractivity contribution is 0.727. The van der Waals surface area contributed by atoms with Crippen LogP contribution in [0.25, 0.3) is 5.69 Å². The summed E-state index contributed by atoms with van der Waals surface area (Å²) in [6.45, 7) is 2.20. The highest BCUT2D eigenvalue weighted by Gasteiger charge is 2.11. The molecule has 1 aromatic carbocycles. The largest absolute Gasteiger partial charge is 0.252 e. The molecule has 0 fully saturated rings. The van der Waals surface area contributed by atoms with E-state index in [1.54, 1.807) is 27.5 Å². The van der Waals surface area contributed by atoms with Gasteiger partial charge in [0.1, 0.15) is 12.2 Å². The predicted octanol–water partition coefficient (Wildman–Crippen LogP) is 2.43. The average molecular weight is 329 g/mol. The molecule has 3 aromatic rings. The molecule has 0 saturated heterocycles. The van der Waals surface area contributed by atoms with Crippen molar-refractivity contribution >= 4 is 11.8 Å². The molecule has 0 aliphatic rings. The second kappa shape index (κ2) is 7.36. The topological polar surface area (TPSA) is 74.3 Å². The quantitative estimate of drug-likeness (QED) is 0.620. The molecule has 0 unspecified atom stereocenters. The van der Waals surface area contributed by atoms with Gasteiger partial charge in [-0.25, -0.2) is 4.98 Å². The van der Waals surface area contributed by atoms with Gasteiger partial charge in [0.05, 0.1) is 11.4 Å². The van der Waals surface area contributed by atoms with Crippen molar-refractivity contribution in [1.29, 1.82) is 0 Å². The summed E-state index contributed by atoms with van der Waals surface area (Å²) in [6, 6.07) is 8.41. The normalized spacial score (nSPS) is 11.0. The summed E-state index contributed by atoms with van der Waals surface area (Å²) in [5, 5.41) is 16.8. The lowest BCUT2D eigenvalue weighted by Crippen LogP contribution is -2.01. The Labute approximate surface area is 139 Å². The molecule has 120 valence electrons. The van der Waals surface area contributed by atoms with E-state index in [4.69, 9.17) is 0 Å². The highest BCUT2D eigenvalue weighted by atomic mass is 32.2. The van der Waals surface area contributed by atoms with Gasteiger partial charge >= 0.3 is 0 Å². The summed E-state index contributed by atoms with van der Waals surface area (Å²) >= 11 is 1.54. The first kappa shape index (κ1) is 15.7. The van der Waals surface area contributed by atoms with E-state index in [2.05, 4.69) is 56.8 Å². The molecule has 23 heavy (non-hydrogen) atoms. The van der Waals surface area contributed by atoms with Gasteiger partial charge in [0.15, 0.2) is 0 Å². The van der Waals surface area contributed by atoms with E-state index in [1.165, 1.54) is 18.4 Å². The lowest BCUT2D eigenvalue weighted by atomic mass is 10.1. The Kier molecular flexibility index (Phi) is 5.02. The Morgan fingerprint density at radius 2 is 2.00 bits per heavy atom. The third-order valence-electron chi connectivity index (χ3n) is 3.58. The van der Waals surface area contributed by atoms with Crippen LogP contribution < -0.4 is 0 Å². The maximum atomic E-state index is 4.21. The second-order valence-corrected chi connectivity index (χ2v) is 6.17. The van der Waals surface area contributed by atoms with Crippen LogP contribution in [0.1, 0.15) is 31.2 Å². The van der Waals surface area contributed by atoms with E-state index in [-0.39, 0.29) is 0 Å². The highest BCUT2D eigenvalue weighted by Crippen LogP contribution is 2.21. The number of nitrogens with zero attached hydrogens (tertiary/aromatic N) is 7. The SMILES string of the molecule is CCCCc1ccc(-n2nnnc2SCc2ncnn2C)cc1. The number of aryl methyl sites for hydroxylation is 2. The van der Waals surface area contributed by atoms with Crippen LogP contribution in [0.15, 0.2) is 35.7 Å². The van der Waals surface area contributed by atoms with E-state index in [0.29, 0.717) is 5.75 Å². The van der Waals surface area contributed by atoms with Crippen LogP contribution in [0.2, 0.25) is 0 Å². The van der Waals surface area contributed by atoms with E-state index in [0.717, 1.165) is 23.1 Å². The number of unbranched alkanes of at least 4 members (excludes halogenated alkanes) is 1. The van der Waals surface area contributed by atoms with Crippen LogP contribution >= 0.6 is 11.8 Å². The van der Waals surface area contributed by atoms with Crippen molar-refractivity contribution in [2.24, 2.45) is 7.05 Å². The number of tetrazole rings is 1. The Bertz CT molecular complexity index is 747. The molecule has 0 aliphatic carbocycles. The van der Waals surface area contributed by atoms with Crippen molar-refractivity contribution < 1.29 is 0 Å². The van der Waals surface area contributed by atoms with Crippen molar-refractivity contribution in [3.8, 4) is 5.69 Å². The predicted molar refractivity (Wildman–Crippen MR) is 88.3 cm³/mol. The zero-order valence-electron chi connectivity index (χ0n) is 13.3. The van der Waals surface area contributed by atoms with Gasteiger partial charge in [-0.1, -0.05) is 37.2 Å². The van der Waals surface area contributed by atoms with Crippen LogP contribution in [0, 0.1) is 0 Å². The Balaban J connectivity index is 1.71. The van der Waals surface area contributed by atoms with Gasteiger partial charge in [-0.2, -0.15) is 9.78 Å². The molecule has 0 N–H and O–H groups in total. The molecule has 0 bridgehead atoms. The van der Waals surface area contributed by atoms with Gasteiger partial charge in [0.2, 0.25) is 5.16 Å². The van der Waals surface area contributed by atoms with Crippen molar-refractivity contribution in [2.45, 2.75) is 37.1 Å². The van der Waals surface area contributed by atoms with Gasteiger partial charge in [0.25, 0.3) is 0 Å². The first-order valence-electron chi connectivity index (χ1n) is 7.61. The molecule has 0 radical (unpaired) electrons. The summed E-state index contributed by atoms with van der Waals surface area (Å²) < 4.78 is 3.51. The fourth-order valence-corrected chi connectivity index (χ4v) is 3.07. The molecule has 0 aliphatic heterocycles. The maximum absolute atomic E-state index is 4.21. The third-order valence-corrected chi connectivity index (χ3v) is 4.49. The van der Waals surface area contributed by atoms with Crippen LogP contribution in [0.5, 0.6) is 0 Å². The molecule has 0 saturated carbocycles. The number of benzene rings is 1. The first-order chi connectivity index (χ1) is 11.3. The summed E-state index contributed by atoms with van der Waals surface area (Å²) in [6.07, 6.45) is 5.08. The fraction of sp³-hybridized carbons (Fsp3) is 0.400. The third kappa shape index (κ3) is 3.76. The zero-order chi connectivity index (χ0) is 16.1. The minimum Gasteiger partial charge on any atom is -0.252 e. The van der Waals surface area contributed by atoms with E-state index < -0.39 is 0 Å². The Morgan fingerprint density at radius 3 is 2.70 bits per heavy atom. The van der Waals surface area contributed by atoms with E-state index >= 15 is 0 Å². The van der Waals surface area contributed by atoms with Gasteiger partial charge < -0.3 is 0 Å². The summed E-state index contributed by atoms with van der Waals surface area (Å²) in [5.41, 5.74) is 2.31. The molecule has 0 spiro atoms. The number of aromatic nitrogens is 7. The Hall–Kier alpha value is -2.22. The van der Waals surface area contributed by atoms with Crippen molar-refractivity contribution in [1.82, 2.24) is 35.0 Å². The van der Waals surface area contributed by atoms with Gasteiger partial charge in [-0.15, -0.1) is 5.10 Å². The average Bonchev–Trinajstić information content (AvgIpc) is 3.20. The van der Waals surface area contributed by atoms with Gasteiger partial charge in [-0.05, 0) is 41.0 Å². The maximum Gasteiger partial charge on any atom is 0.214 e. The molecular weight excluding hydrogens is 310 g/mol. The minimum atomic E-state index is 0.672. The van der Waals surface area contributed by atoms with E-state index in [9.17, 15) is 0 Å². The van der Waals surface area contributed by atoms with Crippen LogP contribution in [0.3, 0.4) is 0 Å². The number of hydrogen-bond donors (Lipinski definition) is 0. The number of hydrogen-bond acceptors (Lipinski definition) is 6. The number of rotatable bonds is 7. The molecule has 2 aromatic heterocycles. The minimum absolute atomic E-state index is 0.672. The first-order valence-corrected chi connectivity index (χ1v) is 8.60. The van der Waals surface area contributed by atoms with Crippen LogP contribution in [0.4, 0.5) is 0 Å². The summed E-state index contributed by atoms with van der Waals surface area (Å²) in [5.74, 6) is 1.56. The Morgan fingerprint density at radius 1 is 1.17 bits per heavy atom. The molecule has 2 heterocycles. The molecule has 8 heteroatoms. The molecule has 0 atom stereocenters. The summed E-state index contributed by atoms with van der Waals surface area (Å²) in [4.78, 5) is 4.21. The highest BCUT2D eigenvalue weighted by molar-refractivity contribution is 7.98. The van der Waals surface area contributed by atoms with Gasteiger partial charge in [0, 0.05) is 7.05 Å². The second-order valence-electron chi connectivity index (χ2n) is 5.23.